The van der Waals surface area contributed by atoms with Gasteiger partial charge in [0, 0.05) is 37.2 Å². The molecule has 1 saturated carbocycles. The van der Waals surface area contributed by atoms with E-state index in [-0.39, 0.29) is 11.9 Å². The summed E-state index contributed by atoms with van der Waals surface area (Å²) in [6.45, 7) is 3.20. The Balaban J connectivity index is 1.46. The van der Waals surface area contributed by atoms with Crippen molar-refractivity contribution in [3.8, 4) is 0 Å². The summed E-state index contributed by atoms with van der Waals surface area (Å²) >= 11 is 0. The maximum absolute atomic E-state index is 12.4. The topological polar surface area (TPSA) is 61.4 Å². The highest BCUT2D eigenvalue weighted by molar-refractivity contribution is 5.94. The molecule has 0 aromatic heterocycles. The maximum Gasteiger partial charge on any atom is 0.321 e. The molecule has 5 heteroatoms. The Morgan fingerprint density at radius 3 is 2.74 bits per heavy atom. The molecule has 1 unspecified atom stereocenters. The van der Waals surface area contributed by atoms with Crippen molar-refractivity contribution in [2.24, 2.45) is 0 Å². The number of benzene rings is 1. The third kappa shape index (κ3) is 3.66. The van der Waals surface area contributed by atoms with Crippen LogP contribution in [0.5, 0.6) is 0 Å². The van der Waals surface area contributed by atoms with Crippen LogP contribution in [-0.4, -0.2) is 31.1 Å². The van der Waals surface area contributed by atoms with Crippen LogP contribution in [0.15, 0.2) is 24.3 Å². The van der Waals surface area contributed by atoms with Crippen LogP contribution in [0.4, 0.5) is 10.5 Å². The zero-order chi connectivity index (χ0) is 16.2. The van der Waals surface area contributed by atoms with E-state index in [0.717, 1.165) is 18.5 Å². The van der Waals surface area contributed by atoms with Gasteiger partial charge in [-0.25, -0.2) is 4.79 Å². The molecule has 1 atom stereocenters. The van der Waals surface area contributed by atoms with E-state index in [4.69, 9.17) is 0 Å². The first kappa shape index (κ1) is 15.8. The van der Waals surface area contributed by atoms with E-state index in [1.54, 1.807) is 4.90 Å². The van der Waals surface area contributed by atoms with E-state index in [2.05, 4.69) is 23.6 Å². The molecular weight excluding hydrogens is 290 g/mol. The average molecular weight is 315 g/mol. The largest absolute Gasteiger partial charge is 0.353 e. The van der Waals surface area contributed by atoms with Crippen LogP contribution >= 0.6 is 0 Å². The molecule has 1 aliphatic carbocycles. The van der Waals surface area contributed by atoms with E-state index in [1.165, 1.54) is 18.4 Å². The zero-order valence-corrected chi connectivity index (χ0v) is 13.7. The van der Waals surface area contributed by atoms with E-state index >= 15 is 0 Å². The van der Waals surface area contributed by atoms with Crippen LogP contribution < -0.4 is 15.5 Å². The summed E-state index contributed by atoms with van der Waals surface area (Å²) < 4.78 is 0. The molecule has 0 saturated heterocycles. The van der Waals surface area contributed by atoms with Crippen LogP contribution in [-0.2, 0) is 4.79 Å². The van der Waals surface area contributed by atoms with Gasteiger partial charge >= 0.3 is 6.03 Å². The number of amides is 3. The first-order valence-electron chi connectivity index (χ1n) is 8.59. The lowest BCUT2D eigenvalue weighted by atomic mass is 10.0. The number of fused-ring (bicyclic) bond motifs is 1. The normalized spacial score (nSPS) is 20.4. The van der Waals surface area contributed by atoms with E-state index in [9.17, 15) is 9.59 Å². The molecule has 3 rings (SSSR count). The van der Waals surface area contributed by atoms with Crippen molar-refractivity contribution in [3.05, 3.63) is 29.8 Å². The van der Waals surface area contributed by atoms with Gasteiger partial charge in [-0.2, -0.15) is 0 Å². The lowest BCUT2D eigenvalue weighted by Crippen LogP contribution is -2.41. The van der Waals surface area contributed by atoms with E-state index in [0.29, 0.717) is 31.5 Å². The van der Waals surface area contributed by atoms with Crippen molar-refractivity contribution < 1.29 is 9.59 Å². The number of anilines is 1. The molecule has 1 heterocycles. The summed E-state index contributed by atoms with van der Waals surface area (Å²) in [4.78, 5) is 26.0. The minimum Gasteiger partial charge on any atom is -0.353 e. The van der Waals surface area contributed by atoms with Crippen molar-refractivity contribution >= 4 is 17.6 Å². The summed E-state index contributed by atoms with van der Waals surface area (Å²) in [6, 6.07) is 8.23. The molecular formula is C18H25N3O2. The summed E-state index contributed by atoms with van der Waals surface area (Å²) in [5.41, 5.74) is 2.19. The Labute approximate surface area is 137 Å². The molecule has 0 spiro atoms. The molecule has 1 fully saturated rings. The second kappa shape index (κ2) is 7.02. The number of rotatable bonds is 4. The van der Waals surface area contributed by atoms with Crippen LogP contribution in [0, 0.1) is 0 Å². The fourth-order valence-electron chi connectivity index (χ4n) is 3.56. The number of carbonyl (C=O) groups is 2. The molecule has 1 aromatic rings. The predicted octanol–water partition coefficient (Wildman–Crippen LogP) is 2.77. The third-order valence-corrected chi connectivity index (χ3v) is 4.81. The standard InChI is InChI=1S/C18H25N3O2/c1-13-12-21(16-9-5-4-8-15(13)16)18(23)19-11-10-17(22)20-14-6-2-3-7-14/h4-5,8-9,13-14H,2-3,6-7,10-12H2,1H3,(H,19,23)(H,20,22). The second-order valence-electron chi connectivity index (χ2n) is 6.60. The Morgan fingerprint density at radius 1 is 1.22 bits per heavy atom. The van der Waals surface area contributed by atoms with Crippen LogP contribution in [0.3, 0.4) is 0 Å². The molecule has 3 amide bonds. The van der Waals surface area contributed by atoms with Gasteiger partial charge in [0.2, 0.25) is 5.91 Å². The Morgan fingerprint density at radius 2 is 1.96 bits per heavy atom. The minimum atomic E-state index is -0.115. The monoisotopic (exact) mass is 315 g/mol. The summed E-state index contributed by atoms with van der Waals surface area (Å²) in [5, 5.41) is 5.91. The van der Waals surface area contributed by atoms with Gasteiger partial charge in [-0.3, -0.25) is 9.69 Å². The summed E-state index contributed by atoms with van der Waals surface area (Å²) in [6.07, 6.45) is 4.91. The molecule has 1 aromatic carbocycles. The van der Waals surface area contributed by atoms with Crippen molar-refractivity contribution in [1.82, 2.24) is 10.6 Å². The number of para-hydroxylation sites is 1. The van der Waals surface area contributed by atoms with Crippen LogP contribution in [0.1, 0.15) is 50.5 Å². The highest BCUT2D eigenvalue weighted by atomic mass is 16.2. The first-order valence-corrected chi connectivity index (χ1v) is 8.59. The van der Waals surface area contributed by atoms with E-state index in [1.807, 2.05) is 18.2 Å². The molecule has 5 nitrogen and oxygen atoms in total. The van der Waals surface area contributed by atoms with Crippen LogP contribution in [0.25, 0.3) is 0 Å². The highest BCUT2D eigenvalue weighted by Gasteiger charge is 2.29. The first-order chi connectivity index (χ1) is 11.1. The highest BCUT2D eigenvalue weighted by Crippen LogP contribution is 2.35. The van der Waals surface area contributed by atoms with Gasteiger partial charge < -0.3 is 10.6 Å². The summed E-state index contributed by atoms with van der Waals surface area (Å²) in [5.74, 6) is 0.384. The molecule has 2 aliphatic rings. The van der Waals surface area contributed by atoms with Gasteiger partial charge in [-0.15, -0.1) is 0 Å². The third-order valence-electron chi connectivity index (χ3n) is 4.81. The molecule has 2 N–H and O–H groups in total. The minimum absolute atomic E-state index is 0.0346. The number of carbonyl (C=O) groups excluding carboxylic acids is 2. The van der Waals surface area contributed by atoms with Gasteiger partial charge in [0.25, 0.3) is 0 Å². The summed E-state index contributed by atoms with van der Waals surface area (Å²) in [7, 11) is 0. The zero-order valence-electron chi connectivity index (χ0n) is 13.7. The maximum atomic E-state index is 12.4. The fraction of sp³-hybridized carbons (Fsp3) is 0.556. The quantitative estimate of drug-likeness (QED) is 0.897. The van der Waals surface area contributed by atoms with Gasteiger partial charge in [-0.05, 0) is 24.5 Å². The Kier molecular flexibility index (Phi) is 4.84. The van der Waals surface area contributed by atoms with Crippen molar-refractivity contribution in [2.45, 2.75) is 51.0 Å². The van der Waals surface area contributed by atoms with Gasteiger partial charge in [-0.1, -0.05) is 38.0 Å². The molecule has 124 valence electrons. The number of nitrogens with one attached hydrogen (secondary N) is 2. The molecule has 0 bridgehead atoms. The van der Waals surface area contributed by atoms with Crippen LogP contribution in [0.2, 0.25) is 0 Å². The van der Waals surface area contributed by atoms with Crippen molar-refractivity contribution in [3.63, 3.8) is 0 Å². The smallest absolute Gasteiger partial charge is 0.321 e. The number of nitrogens with zero attached hydrogens (tertiary/aromatic N) is 1. The lowest BCUT2D eigenvalue weighted by molar-refractivity contribution is -0.121. The lowest BCUT2D eigenvalue weighted by Gasteiger charge is -2.18. The SMILES string of the molecule is CC1CN(C(=O)NCCC(=O)NC2CCCC2)c2ccccc21. The molecule has 1 aliphatic heterocycles. The second-order valence-corrected chi connectivity index (χ2v) is 6.60. The van der Waals surface area contributed by atoms with Crippen molar-refractivity contribution in [1.29, 1.82) is 0 Å². The van der Waals surface area contributed by atoms with Gasteiger partial charge in [0.1, 0.15) is 0 Å². The van der Waals surface area contributed by atoms with Gasteiger partial charge in [0.15, 0.2) is 0 Å². The fourth-order valence-corrected chi connectivity index (χ4v) is 3.56. The van der Waals surface area contributed by atoms with E-state index < -0.39 is 0 Å². The number of hydrogen-bond acceptors (Lipinski definition) is 2. The predicted molar refractivity (Wildman–Crippen MR) is 90.6 cm³/mol. The Bertz CT molecular complexity index is 581. The number of hydrogen-bond donors (Lipinski definition) is 2. The van der Waals surface area contributed by atoms with Crippen molar-refractivity contribution in [2.75, 3.05) is 18.0 Å². The number of urea groups is 1. The average Bonchev–Trinajstić information content (AvgIpc) is 3.16. The molecule has 23 heavy (non-hydrogen) atoms. The Hall–Kier alpha value is -2.04. The molecule has 0 radical (unpaired) electrons. The van der Waals surface area contributed by atoms with Gasteiger partial charge in [0.05, 0.1) is 0 Å².